The average Bonchev–Trinajstić information content (AvgIpc) is 1.95. The third-order valence-electron chi connectivity index (χ3n) is 1.27. The fraction of sp³-hybridized carbons (Fsp3) is 0.125. The lowest BCUT2D eigenvalue weighted by atomic mass is 10.3. The van der Waals surface area contributed by atoms with Crippen LogP contribution in [0.1, 0.15) is 5.56 Å². The second-order valence-electron chi connectivity index (χ2n) is 2.01. The number of pyridine rings is 1. The molecule has 1 heterocycles. The molecule has 1 rings (SSSR count). The molecular weight excluding hydrogens is 126 g/mol. The summed E-state index contributed by atoms with van der Waals surface area (Å²) in [5.74, 6) is 2.38. The topological polar surface area (TPSA) is 22.0 Å². The summed E-state index contributed by atoms with van der Waals surface area (Å²) >= 11 is 0. The molecule has 0 aliphatic rings. The summed E-state index contributed by atoms with van der Waals surface area (Å²) in [5.41, 5.74) is 0.554. The van der Waals surface area contributed by atoms with Crippen molar-refractivity contribution in [3.63, 3.8) is 0 Å². The molecule has 0 unspecified atom stereocenters. The van der Waals surface area contributed by atoms with Crippen LogP contribution in [-0.2, 0) is 7.05 Å². The summed E-state index contributed by atoms with van der Waals surface area (Å²) in [6, 6.07) is 3.15. The van der Waals surface area contributed by atoms with E-state index >= 15 is 0 Å². The van der Waals surface area contributed by atoms with Gasteiger partial charge in [-0.2, -0.15) is 0 Å². The van der Waals surface area contributed by atoms with E-state index in [2.05, 4.69) is 5.92 Å². The summed E-state index contributed by atoms with van der Waals surface area (Å²) in [5, 5.41) is 0. The molecule has 0 radical (unpaired) electrons. The molecule has 0 aromatic carbocycles. The summed E-state index contributed by atoms with van der Waals surface area (Å²) in [6.45, 7) is 0. The zero-order valence-electron chi connectivity index (χ0n) is 5.66. The lowest BCUT2D eigenvalue weighted by Crippen LogP contribution is -2.14. The molecule has 0 fully saturated rings. The van der Waals surface area contributed by atoms with Gasteiger partial charge in [-0.1, -0.05) is 5.92 Å². The first-order valence-corrected chi connectivity index (χ1v) is 2.87. The Morgan fingerprint density at radius 2 is 2.40 bits per heavy atom. The average molecular weight is 133 g/mol. The highest BCUT2D eigenvalue weighted by molar-refractivity contribution is 5.29. The van der Waals surface area contributed by atoms with Gasteiger partial charge in [-0.05, 0) is 6.07 Å². The molecule has 1 aromatic rings. The van der Waals surface area contributed by atoms with Gasteiger partial charge in [0.15, 0.2) is 0 Å². The third-order valence-corrected chi connectivity index (χ3v) is 1.27. The first kappa shape index (κ1) is 6.63. The number of nitrogens with zero attached hydrogens (tertiary/aromatic N) is 1. The second kappa shape index (κ2) is 2.40. The van der Waals surface area contributed by atoms with E-state index in [9.17, 15) is 4.79 Å². The SMILES string of the molecule is C#Cc1ccn(C)c(=O)c1. The van der Waals surface area contributed by atoms with Crippen molar-refractivity contribution in [3.8, 4) is 12.3 Å². The Bertz CT molecular complexity index is 330. The maximum absolute atomic E-state index is 10.9. The summed E-state index contributed by atoms with van der Waals surface area (Å²) in [6.07, 6.45) is 6.72. The Morgan fingerprint density at radius 3 is 2.90 bits per heavy atom. The van der Waals surface area contributed by atoms with Crippen molar-refractivity contribution in [2.75, 3.05) is 0 Å². The van der Waals surface area contributed by atoms with Crippen molar-refractivity contribution in [2.45, 2.75) is 0 Å². The minimum Gasteiger partial charge on any atom is -0.319 e. The van der Waals surface area contributed by atoms with E-state index in [1.807, 2.05) is 0 Å². The van der Waals surface area contributed by atoms with Crippen LogP contribution in [-0.4, -0.2) is 4.57 Å². The largest absolute Gasteiger partial charge is 0.319 e. The number of hydrogen-bond donors (Lipinski definition) is 0. The van der Waals surface area contributed by atoms with Crippen molar-refractivity contribution in [3.05, 3.63) is 34.2 Å². The zero-order valence-corrected chi connectivity index (χ0v) is 5.66. The monoisotopic (exact) mass is 133 g/mol. The Balaban J connectivity index is 3.34. The molecule has 0 aliphatic heterocycles. The first-order chi connectivity index (χ1) is 4.74. The molecule has 2 heteroatoms. The maximum atomic E-state index is 10.9. The zero-order chi connectivity index (χ0) is 7.56. The van der Waals surface area contributed by atoms with Gasteiger partial charge in [0, 0.05) is 24.9 Å². The van der Waals surface area contributed by atoms with Crippen LogP contribution in [0.4, 0.5) is 0 Å². The summed E-state index contributed by atoms with van der Waals surface area (Å²) in [4.78, 5) is 10.9. The molecule has 1 aromatic heterocycles. The van der Waals surface area contributed by atoms with Crippen molar-refractivity contribution in [1.29, 1.82) is 0 Å². The van der Waals surface area contributed by atoms with Crippen LogP contribution in [0, 0.1) is 12.3 Å². The minimum atomic E-state index is -0.0737. The highest BCUT2D eigenvalue weighted by Crippen LogP contribution is 1.88. The van der Waals surface area contributed by atoms with Gasteiger partial charge < -0.3 is 4.57 Å². The van der Waals surface area contributed by atoms with Crippen LogP contribution in [0.15, 0.2) is 23.1 Å². The predicted molar refractivity (Wildman–Crippen MR) is 39.6 cm³/mol. The number of hydrogen-bond acceptors (Lipinski definition) is 1. The number of aromatic nitrogens is 1. The van der Waals surface area contributed by atoms with E-state index in [1.54, 1.807) is 19.3 Å². The molecular formula is C8H7NO. The van der Waals surface area contributed by atoms with Gasteiger partial charge in [0.1, 0.15) is 0 Å². The Labute approximate surface area is 59.1 Å². The number of aryl methyl sites for hydroxylation is 1. The molecule has 0 amide bonds. The second-order valence-corrected chi connectivity index (χ2v) is 2.01. The van der Waals surface area contributed by atoms with Gasteiger partial charge in [0.05, 0.1) is 0 Å². The Morgan fingerprint density at radius 1 is 1.70 bits per heavy atom. The van der Waals surface area contributed by atoms with Gasteiger partial charge in [-0.3, -0.25) is 4.79 Å². The normalized spacial score (nSPS) is 8.80. The quantitative estimate of drug-likeness (QED) is 0.468. The lowest BCUT2D eigenvalue weighted by molar-refractivity contribution is 0.859. The van der Waals surface area contributed by atoms with Crippen molar-refractivity contribution in [1.82, 2.24) is 4.57 Å². The molecule has 0 spiro atoms. The predicted octanol–water partition coefficient (Wildman–Crippen LogP) is 0.367. The first-order valence-electron chi connectivity index (χ1n) is 2.87. The van der Waals surface area contributed by atoms with E-state index in [0.717, 1.165) is 0 Å². The fourth-order valence-corrected chi connectivity index (χ4v) is 0.638. The Hall–Kier alpha value is -1.49. The number of rotatable bonds is 0. The van der Waals surface area contributed by atoms with Gasteiger partial charge in [0.25, 0.3) is 5.56 Å². The summed E-state index contributed by atoms with van der Waals surface area (Å²) < 4.78 is 1.47. The van der Waals surface area contributed by atoms with Gasteiger partial charge in [-0.15, -0.1) is 6.42 Å². The molecule has 0 atom stereocenters. The van der Waals surface area contributed by atoms with E-state index in [4.69, 9.17) is 6.42 Å². The van der Waals surface area contributed by atoms with Crippen LogP contribution in [0.25, 0.3) is 0 Å². The molecule has 0 saturated heterocycles. The third kappa shape index (κ3) is 1.08. The highest BCUT2D eigenvalue weighted by Gasteiger charge is 1.89. The molecule has 0 aliphatic carbocycles. The van der Waals surface area contributed by atoms with Crippen LogP contribution >= 0.6 is 0 Å². The standard InChI is InChI=1S/C8H7NO/c1-3-7-4-5-9(2)8(10)6-7/h1,4-6H,2H3. The van der Waals surface area contributed by atoms with E-state index < -0.39 is 0 Å². The minimum absolute atomic E-state index is 0.0737. The van der Waals surface area contributed by atoms with E-state index in [0.29, 0.717) is 5.56 Å². The van der Waals surface area contributed by atoms with E-state index in [-0.39, 0.29) is 5.56 Å². The molecule has 0 bridgehead atoms. The fourth-order valence-electron chi connectivity index (χ4n) is 0.638. The Kier molecular flexibility index (Phi) is 1.59. The van der Waals surface area contributed by atoms with Crippen molar-refractivity contribution in [2.24, 2.45) is 7.05 Å². The van der Waals surface area contributed by atoms with Gasteiger partial charge in [0.2, 0.25) is 0 Å². The molecule has 0 saturated carbocycles. The van der Waals surface area contributed by atoms with Crippen LogP contribution < -0.4 is 5.56 Å². The maximum Gasteiger partial charge on any atom is 0.251 e. The number of terminal acetylenes is 1. The van der Waals surface area contributed by atoms with Crippen LogP contribution in [0.3, 0.4) is 0 Å². The smallest absolute Gasteiger partial charge is 0.251 e. The molecule has 2 nitrogen and oxygen atoms in total. The van der Waals surface area contributed by atoms with Crippen LogP contribution in [0.5, 0.6) is 0 Å². The van der Waals surface area contributed by atoms with Gasteiger partial charge in [-0.25, -0.2) is 0 Å². The molecule has 0 N–H and O–H groups in total. The highest BCUT2D eigenvalue weighted by atomic mass is 16.1. The van der Waals surface area contributed by atoms with Crippen LogP contribution in [0.2, 0.25) is 0 Å². The van der Waals surface area contributed by atoms with Gasteiger partial charge >= 0.3 is 0 Å². The van der Waals surface area contributed by atoms with Crippen molar-refractivity contribution >= 4 is 0 Å². The van der Waals surface area contributed by atoms with Crippen molar-refractivity contribution < 1.29 is 0 Å². The van der Waals surface area contributed by atoms with E-state index in [1.165, 1.54) is 10.6 Å². The molecule has 10 heavy (non-hydrogen) atoms. The lowest BCUT2D eigenvalue weighted by Gasteiger charge is -1.93. The summed E-state index contributed by atoms with van der Waals surface area (Å²) in [7, 11) is 1.68. The molecule has 50 valence electrons.